The minimum absolute atomic E-state index is 0.103. The molecule has 2 aromatic rings. The van der Waals surface area contributed by atoms with Crippen LogP contribution in [0.2, 0.25) is 0 Å². The van der Waals surface area contributed by atoms with Crippen LogP contribution in [0.4, 0.5) is 5.69 Å². The number of carbonyl (C=O) groups is 1. The summed E-state index contributed by atoms with van der Waals surface area (Å²) in [4.78, 5) is 12.6. The van der Waals surface area contributed by atoms with Gasteiger partial charge in [-0.15, -0.1) is 0 Å². The van der Waals surface area contributed by atoms with Gasteiger partial charge in [-0.05, 0) is 56.2 Å². The minimum atomic E-state index is -0.555. The van der Waals surface area contributed by atoms with Gasteiger partial charge in [-0.25, -0.2) is 0 Å². The van der Waals surface area contributed by atoms with E-state index in [1.165, 1.54) is 0 Å². The van der Waals surface area contributed by atoms with E-state index < -0.39 is 5.41 Å². The highest BCUT2D eigenvalue weighted by molar-refractivity contribution is 5.95. The van der Waals surface area contributed by atoms with E-state index in [4.69, 9.17) is 9.47 Å². The molecule has 0 radical (unpaired) electrons. The normalized spacial score (nSPS) is 14.2. The lowest BCUT2D eigenvalue weighted by Gasteiger charge is -2.20. The molecule has 0 bridgehead atoms. The summed E-state index contributed by atoms with van der Waals surface area (Å²) in [5.74, 6) is 0.954. The average molecular weight is 350 g/mol. The molecule has 1 heterocycles. The second-order valence-electron chi connectivity index (χ2n) is 6.93. The molecule has 134 valence electrons. The van der Waals surface area contributed by atoms with Crippen LogP contribution in [0.15, 0.2) is 42.5 Å². The first-order valence-electron chi connectivity index (χ1n) is 8.63. The lowest BCUT2D eigenvalue weighted by Crippen LogP contribution is -2.20. The van der Waals surface area contributed by atoms with Gasteiger partial charge in [0.05, 0.1) is 17.4 Å². The Morgan fingerprint density at radius 1 is 1.12 bits per heavy atom. The second-order valence-corrected chi connectivity index (χ2v) is 6.93. The molecule has 26 heavy (non-hydrogen) atoms. The Morgan fingerprint density at radius 2 is 1.77 bits per heavy atom. The average Bonchev–Trinajstić information content (AvgIpc) is 2.67. The Morgan fingerprint density at radius 3 is 2.42 bits per heavy atom. The van der Waals surface area contributed by atoms with Crippen molar-refractivity contribution in [1.82, 2.24) is 0 Å². The molecular formula is C21H22N2O3. The number of carbonyl (C=O) groups excluding carboxylic acids is 1. The first kappa shape index (κ1) is 17.8. The molecule has 1 aliphatic rings. The van der Waals surface area contributed by atoms with Crippen molar-refractivity contribution in [1.29, 1.82) is 5.26 Å². The zero-order valence-corrected chi connectivity index (χ0v) is 15.2. The summed E-state index contributed by atoms with van der Waals surface area (Å²) in [6, 6.07) is 15.2. The van der Waals surface area contributed by atoms with Crippen molar-refractivity contribution >= 4 is 11.6 Å². The maximum Gasteiger partial charge on any atom is 0.231 e. The van der Waals surface area contributed by atoms with Gasteiger partial charge < -0.3 is 14.8 Å². The van der Waals surface area contributed by atoms with Crippen LogP contribution in [0.3, 0.4) is 0 Å². The fourth-order valence-corrected chi connectivity index (χ4v) is 2.77. The summed E-state index contributed by atoms with van der Waals surface area (Å²) in [6.45, 7) is 6.65. The third-order valence-electron chi connectivity index (χ3n) is 4.61. The topological polar surface area (TPSA) is 71.4 Å². The molecule has 5 nitrogen and oxygen atoms in total. The van der Waals surface area contributed by atoms with Gasteiger partial charge in [0.25, 0.3) is 0 Å². The summed E-state index contributed by atoms with van der Waals surface area (Å²) in [7, 11) is 0. The van der Waals surface area contributed by atoms with E-state index in [-0.39, 0.29) is 11.8 Å². The lowest BCUT2D eigenvalue weighted by molar-refractivity contribution is -0.117. The number of anilines is 1. The lowest BCUT2D eigenvalue weighted by atomic mass is 9.86. The number of rotatable bonds is 4. The molecule has 1 unspecified atom stereocenters. The maximum absolute atomic E-state index is 12.6. The number of nitrogens with one attached hydrogen (secondary N) is 1. The van der Waals surface area contributed by atoms with Crippen molar-refractivity contribution in [2.45, 2.75) is 32.1 Å². The van der Waals surface area contributed by atoms with Crippen LogP contribution in [-0.4, -0.2) is 19.1 Å². The van der Waals surface area contributed by atoms with Gasteiger partial charge in [0.1, 0.15) is 13.2 Å². The van der Waals surface area contributed by atoms with Crippen LogP contribution in [0.5, 0.6) is 11.5 Å². The molecule has 1 aliphatic heterocycles. The van der Waals surface area contributed by atoms with E-state index in [1.54, 1.807) is 0 Å². The predicted molar refractivity (Wildman–Crippen MR) is 99.6 cm³/mol. The fraction of sp³-hybridized carbons (Fsp3) is 0.333. The van der Waals surface area contributed by atoms with Gasteiger partial charge >= 0.3 is 0 Å². The van der Waals surface area contributed by atoms with E-state index in [2.05, 4.69) is 11.4 Å². The number of amides is 1. The van der Waals surface area contributed by atoms with E-state index in [1.807, 2.05) is 63.2 Å². The summed E-state index contributed by atoms with van der Waals surface area (Å²) >= 11 is 0. The highest BCUT2D eigenvalue weighted by Gasteiger charge is 2.21. The second kappa shape index (κ2) is 7.09. The smallest absolute Gasteiger partial charge is 0.231 e. The van der Waals surface area contributed by atoms with Crippen molar-refractivity contribution in [3.05, 3.63) is 53.6 Å². The van der Waals surface area contributed by atoms with E-state index in [9.17, 15) is 10.1 Å². The molecule has 1 atom stereocenters. The summed E-state index contributed by atoms with van der Waals surface area (Å²) in [5.41, 5.74) is 1.94. The van der Waals surface area contributed by atoms with Crippen LogP contribution < -0.4 is 14.8 Å². The van der Waals surface area contributed by atoms with Crippen LogP contribution in [-0.2, 0) is 10.2 Å². The largest absolute Gasteiger partial charge is 0.486 e. The molecule has 0 fully saturated rings. The predicted octanol–water partition coefficient (Wildman–Crippen LogP) is 4.00. The van der Waals surface area contributed by atoms with E-state index in [0.29, 0.717) is 30.4 Å². The zero-order chi connectivity index (χ0) is 18.7. The quantitative estimate of drug-likeness (QED) is 0.905. The van der Waals surface area contributed by atoms with Crippen LogP contribution in [0.25, 0.3) is 0 Å². The molecule has 0 aliphatic carbocycles. The molecular weight excluding hydrogens is 328 g/mol. The van der Waals surface area contributed by atoms with Crippen LogP contribution in [0, 0.1) is 11.3 Å². The van der Waals surface area contributed by atoms with Crippen LogP contribution >= 0.6 is 0 Å². The van der Waals surface area contributed by atoms with E-state index >= 15 is 0 Å². The van der Waals surface area contributed by atoms with Gasteiger partial charge in [0, 0.05) is 5.69 Å². The van der Waals surface area contributed by atoms with E-state index in [0.717, 1.165) is 11.1 Å². The van der Waals surface area contributed by atoms with Gasteiger partial charge in [-0.3, -0.25) is 4.79 Å². The maximum atomic E-state index is 12.6. The standard InChI is InChI=1S/C21H22N2O3/c1-14(15-4-9-18-19(12-15)26-11-10-25-18)20(24)23-17-7-5-16(6-8-17)21(2,3)13-22/h4-9,12,14H,10-11H2,1-3H3,(H,23,24). The summed E-state index contributed by atoms with van der Waals surface area (Å²) in [6.07, 6.45) is 0. The Balaban J connectivity index is 1.71. The van der Waals surface area contributed by atoms with Crippen molar-refractivity contribution in [3.63, 3.8) is 0 Å². The first-order valence-corrected chi connectivity index (χ1v) is 8.63. The molecule has 0 aromatic heterocycles. The highest BCUT2D eigenvalue weighted by Crippen LogP contribution is 2.33. The van der Waals surface area contributed by atoms with Crippen molar-refractivity contribution in [2.24, 2.45) is 0 Å². The molecule has 0 saturated heterocycles. The number of fused-ring (bicyclic) bond motifs is 1. The SMILES string of the molecule is CC(C(=O)Nc1ccc(C(C)(C)C#N)cc1)c1ccc2c(c1)OCCO2. The Hall–Kier alpha value is -3.00. The van der Waals surface area contributed by atoms with Gasteiger partial charge in [-0.1, -0.05) is 18.2 Å². The monoisotopic (exact) mass is 350 g/mol. The third kappa shape index (κ3) is 3.65. The fourth-order valence-electron chi connectivity index (χ4n) is 2.77. The number of hydrogen-bond donors (Lipinski definition) is 1. The molecule has 0 saturated carbocycles. The number of nitrogens with zero attached hydrogens (tertiary/aromatic N) is 1. The third-order valence-corrected chi connectivity index (χ3v) is 4.61. The van der Waals surface area contributed by atoms with Gasteiger partial charge in [0.15, 0.2) is 11.5 Å². The van der Waals surface area contributed by atoms with Crippen molar-refractivity contribution < 1.29 is 14.3 Å². The highest BCUT2D eigenvalue weighted by atomic mass is 16.6. The number of benzene rings is 2. The number of ether oxygens (including phenoxy) is 2. The Kier molecular flexibility index (Phi) is 4.85. The zero-order valence-electron chi connectivity index (χ0n) is 15.2. The molecule has 1 N–H and O–H groups in total. The summed E-state index contributed by atoms with van der Waals surface area (Å²) < 4.78 is 11.1. The molecule has 1 amide bonds. The molecule has 0 spiro atoms. The van der Waals surface area contributed by atoms with Crippen LogP contribution in [0.1, 0.15) is 37.8 Å². The molecule has 5 heteroatoms. The van der Waals surface area contributed by atoms with Crippen molar-refractivity contribution in [3.8, 4) is 17.6 Å². The Labute approximate surface area is 153 Å². The number of nitriles is 1. The first-order chi connectivity index (χ1) is 12.4. The Bertz CT molecular complexity index is 851. The van der Waals surface area contributed by atoms with Crippen molar-refractivity contribution in [2.75, 3.05) is 18.5 Å². The summed E-state index contributed by atoms with van der Waals surface area (Å²) in [5, 5.41) is 12.1. The van der Waals surface area contributed by atoms with Gasteiger partial charge in [0.2, 0.25) is 5.91 Å². The minimum Gasteiger partial charge on any atom is -0.486 e. The number of hydrogen-bond acceptors (Lipinski definition) is 4. The molecule has 3 rings (SSSR count). The van der Waals surface area contributed by atoms with Gasteiger partial charge in [-0.2, -0.15) is 5.26 Å². The molecule has 2 aromatic carbocycles.